The third-order valence-electron chi connectivity index (χ3n) is 2.74. The first kappa shape index (κ1) is 8.48. The number of aryl methyl sites for hydroxylation is 1. The van der Waals surface area contributed by atoms with Crippen LogP contribution in [0.15, 0.2) is 12.4 Å². The first-order chi connectivity index (χ1) is 6.09. The fraction of sp³-hybridized carbons (Fsp3) is 0.600. The molecular weight excluding hydrogens is 162 g/mol. The summed E-state index contributed by atoms with van der Waals surface area (Å²) in [6.45, 7) is 7.60. The molecular formula is C10H15N3. The zero-order chi connectivity index (χ0) is 9.47. The molecule has 1 aliphatic heterocycles. The largest absolute Gasteiger partial charge is 0.351 e. The average Bonchev–Trinajstić information content (AvgIpc) is 2.02. The van der Waals surface area contributed by atoms with E-state index in [2.05, 4.69) is 28.7 Å². The molecule has 0 radical (unpaired) electrons. The van der Waals surface area contributed by atoms with E-state index in [1.807, 2.05) is 13.0 Å². The fourth-order valence-electron chi connectivity index (χ4n) is 1.68. The van der Waals surface area contributed by atoms with Gasteiger partial charge >= 0.3 is 0 Å². The normalized spacial score (nSPS) is 19.8. The van der Waals surface area contributed by atoms with Gasteiger partial charge in [0.1, 0.15) is 12.1 Å². The van der Waals surface area contributed by atoms with E-state index in [4.69, 9.17) is 0 Å². The molecule has 2 rings (SSSR count). The van der Waals surface area contributed by atoms with Crippen LogP contribution in [0.1, 0.15) is 26.0 Å². The molecule has 0 spiro atoms. The monoisotopic (exact) mass is 177 g/mol. The molecule has 0 aromatic carbocycles. The summed E-state index contributed by atoms with van der Waals surface area (Å²) < 4.78 is 0. The zero-order valence-electron chi connectivity index (χ0n) is 8.41. The van der Waals surface area contributed by atoms with Gasteiger partial charge in [0.25, 0.3) is 0 Å². The molecule has 0 amide bonds. The van der Waals surface area contributed by atoms with Crippen LogP contribution in [0.5, 0.6) is 0 Å². The molecule has 3 nitrogen and oxygen atoms in total. The Morgan fingerprint density at radius 1 is 1.38 bits per heavy atom. The maximum absolute atomic E-state index is 4.27. The Balaban J connectivity index is 2.26. The molecule has 0 aliphatic carbocycles. The Kier molecular flexibility index (Phi) is 1.75. The molecule has 0 saturated carbocycles. The van der Waals surface area contributed by atoms with Gasteiger partial charge < -0.3 is 4.90 Å². The van der Waals surface area contributed by atoms with Gasteiger partial charge in [-0.2, -0.15) is 0 Å². The molecule has 1 aromatic rings. The lowest BCUT2D eigenvalue weighted by Crippen LogP contribution is -2.56. The Labute approximate surface area is 78.8 Å². The number of hydrogen-bond acceptors (Lipinski definition) is 3. The van der Waals surface area contributed by atoms with Gasteiger partial charge in [-0.15, -0.1) is 0 Å². The van der Waals surface area contributed by atoms with E-state index < -0.39 is 0 Å². The summed E-state index contributed by atoms with van der Waals surface area (Å²) in [5, 5.41) is 0. The molecule has 1 saturated heterocycles. The van der Waals surface area contributed by atoms with Crippen molar-refractivity contribution in [1.29, 1.82) is 0 Å². The van der Waals surface area contributed by atoms with E-state index in [-0.39, 0.29) is 5.54 Å². The molecule has 0 N–H and O–H groups in total. The summed E-state index contributed by atoms with van der Waals surface area (Å²) in [5.74, 6) is 1.06. The minimum atomic E-state index is 0.279. The third-order valence-corrected chi connectivity index (χ3v) is 2.74. The summed E-state index contributed by atoms with van der Waals surface area (Å²) in [6, 6.07) is 2.04. The quantitative estimate of drug-likeness (QED) is 0.654. The third kappa shape index (κ3) is 1.39. The fourth-order valence-corrected chi connectivity index (χ4v) is 1.68. The molecule has 1 aromatic heterocycles. The van der Waals surface area contributed by atoms with Crippen LogP contribution in [0.2, 0.25) is 0 Å². The van der Waals surface area contributed by atoms with Crippen molar-refractivity contribution in [3.05, 3.63) is 18.1 Å². The second kappa shape index (κ2) is 2.69. The summed E-state index contributed by atoms with van der Waals surface area (Å²) >= 11 is 0. The van der Waals surface area contributed by atoms with Crippen LogP contribution in [-0.4, -0.2) is 22.1 Å². The maximum atomic E-state index is 4.27. The highest BCUT2D eigenvalue weighted by Crippen LogP contribution is 2.33. The summed E-state index contributed by atoms with van der Waals surface area (Å²) in [6.07, 6.45) is 2.88. The van der Waals surface area contributed by atoms with Gasteiger partial charge in [0.2, 0.25) is 0 Å². The van der Waals surface area contributed by atoms with Crippen LogP contribution in [0.4, 0.5) is 5.82 Å². The van der Waals surface area contributed by atoms with Gasteiger partial charge in [-0.1, -0.05) is 0 Å². The minimum Gasteiger partial charge on any atom is -0.351 e. The Morgan fingerprint density at radius 3 is 2.62 bits per heavy atom. The van der Waals surface area contributed by atoms with Crippen LogP contribution >= 0.6 is 0 Å². The second-order valence-electron chi connectivity index (χ2n) is 4.23. The first-order valence-corrected chi connectivity index (χ1v) is 4.66. The van der Waals surface area contributed by atoms with Crippen molar-refractivity contribution in [3.8, 4) is 0 Å². The van der Waals surface area contributed by atoms with E-state index >= 15 is 0 Å². The molecule has 13 heavy (non-hydrogen) atoms. The molecule has 0 bridgehead atoms. The maximum Gasteiger partial charge on any atom is 0.132 e. The van der Waals surface area contributed by atoms with Gasteiger partial charge in [-0.05, 0) is 27.2 Å². The van der Waals surface area contributed by atoms with Crippen LogP contribution < -0.4 is 4.90 Å². The highest BCUT2D eigenvalue weighted by Gasteiger charge is 2.36. The van der Waals surface area contributed by atoms with Crippen molar-refractivity contribution < 1.29 is 0 Å². The van der Waals surface area contributed by atoms with Crippen LogP contribution in [0.3, 0.4) is 0 Å². The molecule has 1 aliphatic rings. The summed E-state index contributed by atoms with van der Waals surface area (Å²) in [4.78, 5) is 10.7. The van der Waals surface area contributed by atoms with Crippen LogP contribution in [0.25, 0.3) is 0 Å². The van der Waals surface area contributed by atoms with Crippen molar-refractivity contribution in [1.82, 2.24) is 9.97 Å². The highest BCUT2D eigenvalue weighted by atomic mass is 15.3. The van der Waals surface area contributed by atoms with Crippen LogP contribution in [0, 0.1) is 6.92 Å². The molecule has 70 valence electrons. The predicted octanol–water partition coefficient (Wildman–Crippen LogP) is 1.77. The smallest absolute Gasteiger partial charge is 0.132 e. The Morgan fingerprint density at radius 2 is 2.15 bits per heavy atom. The van der Waals surface area contributed by atoms with Crippen molar-refractivity contribution in [2.24, 2.45) is 0 Å². The molecule has 1 fully saturated rings. The van der Waals surface area contributed by atoms with E-state index in [0.29, 0.717) is 0 Å². The lowest BCUT2D eigenvalue weighted by molar-refractivity contribution is 0.329. The van der Waals surface area contributed by atoms with E-state index in [1.165, 1.54) is 6.42 Å². The molecule has 0 atom stereocenters. The molecule has 0 unspecified atom stereocenters. The Bertz CT molecular complexity index is 320. The number of anilines is 1. The van der Waals surface area contributed by atoms with Crippen molar-refractivity contribution in [2.75, 3.05) is 11.4 Å². The molecule has 2 heterocycles. The highest BCUT2D eigenvalue weighted by molar-refractivity contribution is 5.45. The predicted molar refractivity (Wildman–Crippen MR) is 52.8 cm³/mol. The van der Waals surface area contributed by atoms with E-state index in [1.54, 1.807) is 6.33 Å². The van der Waals surface area contributed by atoms with E-state index in [9.17, 15) is 0 Å². The summed E-state index contributed by atoms with van der Waals surface area (Å²) in [5.41, 5.74) is 1.31. The van der Waals surface area contributed by atoms with Gasteiger partial charge in [-0.25, -0.2) is 9.97 Å². The standard InChI is InChI=1S/C10H15N3/c1-8-6-9(12-7-11-8)13-5-4-10(13,2)3/h6-7H,4-5H2,1-3H3. The van der Waals surface area contributed by atoms with Crippen molar-refractivity contribution >= 4 is 5.82 Å². The van der Waals surface area contributed by atoms with Crippen molar-refractivity contribution in [3.63, 3.8) is 0 Å². The minimum absolute atomic E-state index is 0.279. The summed E-state index contributed by atoms with van der Waals surface area (Å²) in [7, 11) is 0. The number of aromatic nitrogens is 2. The topological polar surface area (TPSA) is 29.0 Å². The number of hydrogen-bond donors (Lipinski definition) is 0. The van der Waals surface area contributed by atoms with Gasteiger partial charge in [0.15, 0.2) is 0 Å². The first-order valence-electron chi connectivity index (χ1n) is 4.66. The number of nitrogens with zero attached hydrogens (tertiary/aromatic N) is 3. The van der Waals surface area contributed by atoms with Gasteiger partial charge in [0, 0.05) is 23.8 Å². The van der Waals surface area contributed by atoms with Crippen molar-refractivity contribution in [2.45, 2.75) is 32.7 Å². The Hall–Kier alpha value is -1.12. The van der Waals surface area contributed by atoms with Gasteiger partial charge in [-0.3, -0.25) is 0 Å². The lowest BCUT2D eigenvalue weighted by atomic mass is 9.89. The van der Waals surface area contributed by atoms with Crippen LogP contribution in [-0.2, 0) is 0 Å². The second-order valence-corrected chi connectivity index (χ2v) is 4.23. The van der Waals surface area contributed by atoms with Gasteiger partial charge in [0.05, 0.1) is 0 Å². The molecule has 3 heteroatoms. The SMILES string of the molecule is Cc1cc(N2CCC2(C)C)ncn1. The zero-order valence-corrected chi connectivity index (χ0v) is 8.41. The lowest BCUT2D eigenvalue weighted by Gasteiger charge is -2.49. The number of rotatable bonds is 1. The average molecular weight is 177 g/mol. The van der Waals surface area contributed by atoms with E-state index in [0.717, 1.165) is 18.1 Å².